The zero-order chi connectivity index (χ0) is 18.4. The fourth-order valence-corrected chi connectivity index (χ4v) is 8.30. The van der Waals surface area contributed by atoms with E-state index in [1.165, 1.54) is 51.0 Å². The summed E-state index contributed by atoms with van der Waals surface area (Å²) in [6.45, 7) is 9.39. The minimum absolute atomic E-state index is 0.143. The number of ether oxygens (including phenoxy) is 2. The van der Waals surface area contributed by atoms with Gasteiger partial charge < -0.3 is 13.9 Å². The molecule has 0 aromatic carbocycles. The fraction of sp³-hybridized carbons (Fsp3) is 0.947. The van der Waals surface area contributed by atoms with Crippen LogP contribution in [0, 0.1) is 11.3 Å². The Bertz CT molecular complexity index is 368. The summed E-state index contributed by atoms with van der Waals surface area (Å²) >= 11 is 0. The van der Waals surface area contributed by atoms with E-state index in [4.69, 9.17) is 19.2 Å². The lowest BCUT2D eigenvalue weighted by Crippen LogP contribution is -2.52. The van der Waals surface area contributed by atoms with E-state index in [0.717, 1.165) is 26.1 Å². The second-order valence-electron chi connectivity index (χ2n) is 7.63. The first-order valence-corrected chi connectivity index (χ1v) is 15.7. The number of nitrogens with zero attached hydrogens (tertiary/aromatic N) is 1. The van der Waals surface area contributed by atoms with E-state index in [-0.39, 0.29) is 5.41 Å². The monoisotopic (exact) mass is 385 g/mol. The Labute approximate surface area is 158 Å². The molecule has 25 heavy (non-hydrogen) atoms. The van der Waals surface area contributed by atoms with Gasteiger partial charge in [0.25, 0.3) is 0 Å². The van der Waals surface area contributed by atoms with Gasteiger partial charge in [-0.2, -0.15) is 5.26 Å². The van der Waals surface area contributed by atoms with E-state index in [9.17, 15) is 0 Å². The van der Waals surface area contributed by atoms with Gasteiger partial charge in [0.1, 0.15) is 14.2 Å². The van der Waals surface area contributed by atoms with Crippen LogP contribution in [-0.4, -0.2) is 43.1 Å². The molecule has 0 aromatic heterocycles. The van der Waals surface area contributed by atoms with Gasteiger partial charge in [-0.1, -0.05) is 45.2 Å². The molecule has 0 amide bonds. The molecule has 0 saturated carbocycles. The highest BCUT2D eigenvalue weighted by Gasteiger charge is 2.39. The summed E-state index contributed by atoms with van der Waals surface area (Å²) in [5.41, 5.74) is -0.143. The number of hydrogen-bond donors (Lipinski definition) is 0. The third-order valence-corrected chi connectivity index (χ3v) is 9.70. The van der Waals surface area contributed by atoms with E-state index in [1.54, 1.807) is 0 Å². The SMILES string of the molecule is C[SiH](CCCCCCCCOCCC#N)OC1([SiH](C)C)CCCCO1. The van der Waals surface area contributed by atoms with E-state index < -0.39 is 17.8 Å². The Kier molecular flexibility index (Phi) is 12.7. The lowest BCUT2D eigenvalue weighted by molar-refractivity contribution is -0.151. The minimum Gasteiger partial charge on any atom is -0.397 e. The van der Waals surface area contributed by atoms with Crippen molar-refractivity contribution in [2.75, 3.05) is 19.8 Å². The van der Waals surface area contributed by atoms with Crippen LogP contribution in [0.15, 0.2) is 0 Å². The van der Waals surface area contributed by atoms with Crippen molar-refractivity contribution in [1.29, 1.82) is 5.26 Å². The first-order valence-electron chi connectivity index (χ1n) is 10.4. The first kappa shape index (κ1) is 22.8. The molecule has 0 aliphatic carbocycles. The van der Waals surface area contributed by atoms with Crippen LogP contribution in [0.2, 0.25) is 25.7 Å². The summed E-state index contributed by atoms with van der Waals surface area (Å²) in [7, 11) is -2.07. The van der Waals surface area contributed by atoms with Gasteiger partial charge >= 0.3 is 0 Å². The summed E-state index contributed by atoms with van der Waals surface area (Å²) in [4.78, 5) is 0. The molecule has 0 bridgehead atoms. The van der Waals surface area contributed by atoms with Gasteiger partial charge in [0, 0.05) is 13.2 Å². The molecule has 2 atom stereocenters. The highest BCUT2D eigenvalue weighted by Crippen LogP contribution is 2.30. The summed E-state index contributed by atoms with van der Waals surface area (Å²) in [6.07, 6.45) is 11.7. The Morgan fingerprint density at radius 3 is 2.36 bits per heavy atom. The fourth-order valence-electron chi connectivity index (χ4n) is 3.44. The average molecular weight is 386 g/mol. The molecule has 1 aliphatic heterocycles. The maximum absolute atomic E-state index is 8.42. The van der Waals surface area contributed by atoms with Crippen LogP contribution >= 0.6 is 0 Å². The lowest BCUT2D eigenvalue weighted by atomic mass is 10.1. The second-order valence-corrected chi connectivity index (χ2v) is 13.3. The molecular weight excluding hydrogens is 346 g/mol. The lowest BCUT2D eigenvalue weighted by Gasteiger charge is -2.42. The molecule has 0 spiro atoms. The highest BCUT2D eigenvalue weighted by atomic mass is 28.3. The van der Waals surface area contributed by atoms with E-state index in [1.807, 2.05) is 0 Å². The number of hydrogen-bond acceptors (Lipinski definition) is 4. The molecule has 1 aliphatic rings. The summed E-state index contributed by atoms with van der Waals surface area (Å²) in [5.74, 6) is 0. The number of nitriles is 1. The van der Waals surface area contributed by atoms with Crippen molar-refractivity contribution in [3.63, 3.8) is 0 Å². The predicted octanol–water partition coefficient (Wildman–Crippen LogP) is 4.55. The molecule has 1 fully saturated rings. The van der Waals surface area contributed by atoms with Crippen LogP contribution in [0.5, 0.6) is 0 Å². The van der Waals surface area contributed by atoms with Crippen molar-refractivity contribution in [3.8, 4) is 6.07 Å². The molecule has 0 aromatic rings. The van der Waals surface area contributed by atoms with Crippen molar-refractivity contribution in [2.24, 2.45) is 0 Å². The molecule has 1 heterocycles. The van der Waals surface area contributed by atoms with Crippen LogP contribution < -0.4 is 0 Å². The molecule has 1 saturated heterocycles. The Morgan fingerprint density at radius 2 is 1.72 bits per heavy atom. The maximum Gasteiger partial charge on any atom is 0.177 e. The van der Waals surface area contributed by atoms with E-state index in [0.29, 0.717) is 13.0 Å². The summed E-state index contributed by atoms with van der Waals surface area (Å²) in [5, 5.41) is 8.42. The highest BCUT2D eigenvalue weighted by molar-refractivity contribution is 6.60. The largest absolute Gasteiger partial charge is 0.397 e. The van der Waals surface area contributed by atoms with Gasteiger partial charge in [-0.25, -0.2) is 0 Å². The first-order chi connectivity index (χ1) is 12.1. The van der Waals surface area contributed by atoms with Gasteiger partial charge in [0.15, 0.2) is 9.04 Å². The van der Waals surface area contributed by atoms with Crippen molar-refractivity contribution < 1.29 is 13.9 Å². The van der Waals surface area contributed by atoms with Crippen LogP contribution in [0.25, 0.3) is 0 Å². The molecule has 6 heteroatoms. The van der Waals surface area contributed by atoms with Crippen LogP contribution in [0.1, 0.15) is 64.2 Å². The van der Waals surface area contributed by atoms with Crippen molar-refractivity contribution >= 4 is 17.8 Å². The maximum atomic E-state index is 8.42. The Morgan fingerprint density at radius 1 is 1.00 bits per heavy atom. The van der Waals surface area contributed by atoms with E-state index >= 15 is 0 Å². The Hall–Kier alpha value is -0.196. The van der Waals surface area contributed by atoms with Gasteiger partial charge in [-0.15, -0.1) is 0 Å². The van der Waals surface area contributed by atoms with Crippen molar-refractivity contribution in [3.05, 3.63) is 0 Å². The molecule has 0 radical (unpaired) electrons. The normalized spacial score (nSPS) is 22.0. The van der Waals surface area contributed by atoms with Gasteiger partial charge in [-0.3, -0.25) is 0 Å². The molecule has 2 unspecified atom stereocenters. The van der Waals surface area contributed by atoms with Gasteiger partial charge in [-0.05, 0) is 38.3 Å². The molecule has 4 nitrogen and oxygen atoms in total. The molecular formula is C19H39NO3Si2. The second kappa shape index (κ2) is 13.9. The topological polar surface area (TPSA) is 51.5 Å². The quantitative estimate of drug-likeness (QED) is 0.325. The van der Waals surface area contributed by atoms with Gasteiger partial charge in [0.2, 0.25) is 0 Å². The van der Waals surface area contributed by atoms with Gasteiger partial charge in [0.05, 0.1) is 19.1 Å². The molecule has 146 valence electrons. The minimum atomic E-state index is -1.12. The average Bonchev–Trinajstić information content (AvgIpc) is 2.60. The summed E-state index contributed by atoms with van der Waals surface area (Å²) < 4.78 is 18.1. The van der Waals surface area contributed by atoms with E-state index in [2.05, 4.69) is 25.7 Å². The standard InChI is InChI=1S/C19H39NO3Si2/c1-24(2)19(13-8-10-17-22-19)23-25(3)18-11-7-5-4-6-9-15-21-16-12-14-20/h24-25H,4-13,15-18H2,1-3H3. The zero-order valence-electron chi connectivity index (χ0n) is 16.7. The third-order valence-electron chi connectivity index (χ3n) is 5.05. The Balaban J connectivity index is 2.01. The predicted molar refractivity (Wildman–Crippen MR) is 109 cm³/mol. The number of unbranched alkanes of at least 4 members (excludes halogenated alkanes) is 5. The van der Waals surface area contributed by atoms with Crippen LogP contribution in [-0.2, 0) is 13.9 Å². The zero-order valence-corrected chi connectivity index (χ0v) is 19.0. The van der Waals surface area contributed by atoms with Crippen LogP contribution in [0.3, 0.4) is 0 Å². The summed E-state index contributed by atoms with van der Waals surface area (Å²) in [6, 6.07) is 3.38. The molecule has 1 rings (SSSR count). The smallest absolute Gasteiger partial charge is 0.177 e. The number of rotatable bonds is 14. The van der Waals surface area contributed by atoms with Crippen molar-refractivity contribution in [1.82, 2.24) is 0 Å². The van der Waals surface area contributed by atoms with Crippen molar-refractivity contribution in [2.45, 2.75) is 95.3 Å². The molecule has 0 N–H and O–H groups in total. The van der Waals surface area contributed by atoms with Crippen LogP contribution in [0.4, 0.5) is 0 Å². The third kappa shape index (κ3) is 9.90.